The number of hydrogen-bond acceptors (Lipinski definition) is 5. The number of nitrogens with one attached hydrogen (secondary N) is 1. The third-order valence-electron chi connectivity index (χ3n) is 4.13. The van der Waals surface area contributed by atoms with Crippen molar-refractivity contribution in [3.8, 4) is 0 Å². The van der Waals surface area contributed by atoms with Gasteiger partial charge in [0.1, 0.15) is 10.6 Å². The third-order valence-corrected chi connectivity index (χ3v) is 5.59. The van der Waals surface area contributed by atoms with Crippen molar-refractivity contribution in [3.05, 3.63) is 61.2 Å². The Morgan fingerprint density at radius 3 is 2.85 bits per heavy atom. The molecule has 1 N–H and O–H groups in total. The van der Waals surface area contributed by atoms with Gasteiger partial charge in [0.15, 0.2) is 11.9 Å². The van der Waals surface area contributed by atoms with E-state index in [4.69, 9.17) is 16.3 Å². The molecule has 0 bridgehead atoms. The molecule has 2 heterocycles. The van der Waals surface area contributed by atoms with Crippen LogP contribution in [-0.4, -0.2) is 15.9 Å². The number of thiophene rings is 1. The Balaban J connectivity index is 1.81. The molecule has 5 nitrogen and oxygen atoms in total. The lowest BCUT2D eigenvalue weighted by Gasteiger charge is -2.13. The highest BCUT2D eigenvalue weighted by Gasteiger charge is 2.20. The van der Waals surface area contributed by atoms with E-state index in [2.05, 4.69) is 9.97 Å². The van der Waals surface area contributed by atoms with E-state index < -0.39 is 17.9 Å². The zero-order valence-electron chi connectivity index (χ0n) is 14.4. The molecule has 0 aliphatic carbocycles. The molecule has 0 saturated heterocycles. The monoisotopic (exact) mass is 394 g/mol. The third kappa shape index (κ3) is 3.50. The number of fused-ring (bicyclic) bond motifs is 1. The summed E-state index contributed by atoms with van der Waals surface area (Å²) in [6, 6.07) is 4.20. The van der Waals surface area contributed by atoms with E-state index in [1.165, 1.54) is 29.5 Å². The van der Waals surface area contributed by atoms with Gasteiger partial charge >= 0.3 is 5.97 Å². The summed E-state index contributed by atoms with van der Waals surface area (Å²) in [6.07, 6.45) is -1.09. The molecule has 1 aromatic carbocycles. The highest BCUT2D eigenvalue weighted by atomic mass is 35.5. The number of ether oxygens (including phenoxy) is 1. The summed E-state index contributed by atoms with van der Waals surface area (Å²) in [4.78, 5) is 33.1. The molecule has 3 rings (SSSR count). The number of nitrogens with zero attached hydrogens (tertiary/aromatic N) is 1. The molecule has 8 heteroatoms. The van der Waals surface area contributed by atoms with Crippen molar-refractivity contribution in [1.82, 2.24) is 9.97 Å². The molecule has 0 unspecified atom stereocenters. The average molecular weight is 395 g/mol. The predicted molar refractivity (Wildman–Crippen MR) is 99.3 cm³/mol. The normalized spacial score (nSPS) is 12.3. The Morgan fingerprint density at radius 2 is 2.15 bits per heavy atom. The first-order valence-electron chi connectivity index (χ1n) is 7.90. The molecular weight excluding hydrogens is 379 g/mol. The standard InChI is InChI=1S/C18H16ClFN2O3S/c1-8-10(3)26-18-15(8)17(24)21-16(22-18)9(2)25-14(23)7-11-12(19)5-4-6-13(11)20/h4-6,9H,7H2,1-3H3,(H,21,22,24)/t9-/m1/s1. The first-order valence-corrected chi connectivity index (χ1v) is 9.09. The smallest absolute Gasteiger partial charge is 0.311 e. The van der Waals surface area contributed by atoms with Crippen molar-refractivity contribution in [2.75, 3.05) is 0 Å². The molecule has 0 aliphatic heterocycles. The summed E-state index contributed by atoms with van der Waals surface area (Å²) < 4.78 is 19.1. The molecule has 0 saturated carbocycles. The van der Waals surface area contributed by atoms with Crippen molar-refractivity contribution in [2.45, 2.75) is 33.3 Å². The van der Waals surface area contributed by atoms with Crippen LogP contribution in [0.5, 0.6) is 0 Å². The van der Waals surface area contributed by atoms with Crippen molar-refractivity contribution in [2.24, 2.45) is 0 Å². The lowest BCUT2D eigenvalue weighted by molar-refractivity contribution is -0.148. The molecule has 26 heavy (non-hydrogen) atoms. The number of rotatable bonds is 4. The number of hydrogen-bond donors (Lipinski definition) is 1. The summed E-state index contributed by atoms with van der Waals surface area (Å²) in [7, 11) is 0. The van der Waals surface area contributed by atoms with Crippen LogP contribution in [0.25, 0.3) is 10.2 Å². The number of aryl methyl sites for hydroxylation is 2. The van der Waals surface area contributed by atoms with Gasteiger partial charge in [-0.15, -0.1) is 11.3 Å². The Labute approximate surface area is 157 Å². The van der Waals surface area contributed by atoms with Crippen LogP contribution in [0.3, 0.4) is 0 Å². The summed E-state index contributed by atoms with van der Waals surface area (Å²) in [5, 5.41) is 0.708. The van der Waals surface area contributed by atoms with Crippen molar-refractivity contribution >= 4 is 39.1 Å². The van der Waals surface area contributed by atoms with Crippen LogP contribution in [0.15, 0.2) is 23.0 Å². The fourth-order valence-electron chi connectivity index (χ4n) is 2.60. The Hall–Kier alpha value is -2.25. The fourth-order valence-corrected chi connectivity index (χ4v) is 3.87. The molecule has 0 aliphatic rings. The molecule has 2 aromatic heterocycles. The highest BCUT2D eigenvalue weighted by molar-refractivity contribution is 7.18. The molecule has 0 radical (unpaired) electrons. The van der Waals surface area contributed by atoms with Crippen LogP contribution in [-0.2, 0) is 16.0 Å². The first kappa shape index (κ1) is 18.5. The minimum Gasteiger partial charge on any atom is -0.454 e. The first-order chi connectivity index (χ1) is 12.3. The Bertz CT molecular complexity index is 1040. The summed E-state index contributed by atoms with van der Waals surface area (Å²) in [5.74, 6) is -0.984. The molecule has 0 amide bonds. The number of halogens is 2. The van der Waals surface area contributed by atoms with E-state index in [1.54, 1.807) is 6.92 Å². The van der Waals surface area contributed by atoms with Crippen molar-refractivity contribution < 1.29 is 13.9 Å². The predicted octanol–water partition coefficient (Wildman–Crippen LogP) is 4.24. The number of H-pyrrole nitrogens is 1. The zero-order chi connectivity index (χ0) is 19.0. The SMILES string of the molecule is Cc1sc2nc([C@@H](C)OC(=O)Cc3c(F)cccc3Cl)[nH]c(=O)c2c1C. The summed E-state index contributed by atoms with van der Waals surface area (Å²) in [5.41, 5.74) is 0.698. The van der Waals surface area contributed by atoms with Gasteiger partial charge in [-0.2, -0.15) is 0 Å². The lowest BCUT2D eigenvalue weighted by Crippen LogP contribution is -2.18. The fraction of sp³-hybridized carbons (Fsp3) is 0.278. The molecule has 0 fully saturated rings. The van der Waals surface area contributed by atoms with Gasteiger partial charge in [-0.3, -0.25) is 9.59 Å². The summed E-state index contributed by atoms with van der Waals surface area (Å²) >= 11 is 7.34. The topological polar surface area (TPSA) is 72.0 Å². The van der Waals surface area contributed by atoms with Crippen LogP contribution in [0.2, 0.25) is 5.02 Å². The van der Waals surface area contributed by atoms with Gasteiger partial charge in [0, 0.05) is 15.5 Å². The summed E-state index contributed by atoms with van der Waals surface area (Å²) in [6.45, 7) is 5.38. The minimum atomic E-state index is -0.784. The number of carbonyl (C=O) groups is 1. The van der Waals surface area contributed by atoms with Crippen LogP contribution < -0.4 is 5.56 Å². The van der Waals surface area contributed by atoms with E-state index in [9.17, 15) is 14.0 Å². The zero-order valence-corrected chi connectivity index (χ0v) is 15.9. The van der Waals surface area contributed by atoms with Crippen LogP contribution in [0.4, 0.5) is 4.39 Å². The van der Waals surface area contributed by atoms with Crippen LogP contribution in [0.1, 0.15) is 34.9 Å². The number of carbonyl (C=O) groups excluding carboxylic acids is 1. The van der Waals surface area contributed by atoms with Gasteiger partial charge in [-0.25, -0.2) is 9.37 Å². The van der Waals surface area contributed by atoms with E-state index in [0.717, 1.165) is 10.4 Å². The van der Waals surface area contributed by atoms with E-state index >= 15 is 0 Å². The van der Waals surface area contributed by atoms with Crippen molar-refractivity contribution in [1.29, 1.82) is 0 Å². The van der Waals surface area contributed by atoms with Gasteiger partial charge in [0.05, 0.1) is 11.8 Å². The average Bonchev–Trinajstić information content (AvgIpc) is 2.86. The maximum Gasteiger partial charge on any atom is 0.311 e. The largest absolute Gasteiger partial charge is 0.454 e. The van der Waals surface area contributed by atoms with Crippen molar-refractivity contribution in [3.63, 3.8) is 0 Å². The number of esters is 1. The second kappa shape index (κ2) is 7.17. The van der Waals surface area contributed by atoms with E-state index in [0.29, 0.717) is 10.2 Å². The van der Waals surface area contributed by atoms with Gasteiger partial charge < -0.3 is 9.72 Å². The molecule has 1 atom stereocenters. The van der Waals surface area contributed by atoms with Crippen LogP contribution in [0, 0.1) is 19.7 Å². The molecule has 136 valence electrons. The molecule has 3 aromatic rings. The Morgan fingerprint density at radius 1 is 1.42 bits per heavy atom. The van der Waals surface area contributed by atoms with Gasteiger partial charge in [-0.05, 0) is 38.5 Å². The Kier molecular flexibility index (Phi) is 5.11. The maximum atomic E-state index is 13.8. The minimum absolute atomic E-state index is 0.0766. The molecule has 0 spiro atoms. The van der Waals surface area contributed by atoms with Gasteiger partial charge in [0.25, 0.3) is 5.56 Å². The lowest BCUT2D eigenvalue weighted by atomic mass is 10.1. The second-order valence-corrected chi connectivity index (χ2v) is 7.53. The maximum absolute atomic E-state index is 13.8. The van der Waals surface area contributed by atoms with Gasteiger partial charge in [0.2, 0.25) is 0 Å². The highest BCUT2D eigenvalue weighted by Crippen LogP contribution is 2.27. The second-order valence-electron chi connectivity index (χ2n) is 5.92. The molecular formula is C18H16ClFN2O3S. The number of aromatic nitrogens is 2. The quantitative estimate of drug-likeness (QED) is 0.672. The van der Waals surface area contributed by atoms with E-state index in [-0.39, 0.29) is 28.4 Å². The van der Waals surface area contributed by atoms with Crippen LogP contribution >= 0.6 is 22.9 Å². The number of benzene rings is 1. The van der Waals surface area contributed by atoms with Gasteiger partial charge in [-0.1, -0.05) is 17.7 Å². The number of aromatic amines is 1. The van der Waals surface area contributed by atoms with E-state index in [1.807, 2.05) is 13.8 Å².